The molecule has 0 aliphatic rings. The van der Waals surface area contributed by atoms with E-state index in [0.717, 1.165) is 24.9 Å². The molecular formula is C16H25NO. The van der Waals surface area contributed by atoms with Gasteiger partial charge in [0.25, 0.3) is 0 Å². The highest BCUT2D eigenvalue weighted by Gasteiger charge is 2.27. The van der Waals surface area contributed by atoms with E-state index in [-0.39, 0.29) is 0 Å². The number of benzene rings is 1. The quantitative estimate of drug-likeness (QED) is 0.690. The van der Waals surface area contributed by atoms with Gasteiger partial charge in [0.15, 0.2) is 0 Å². The van der Waals surface area contributed by atoms with Crippen LogP contribution in [0.2, 0.25) is 0 Å². The second kappa shape index (κ2) is 6.69. The summed E-state index contributed by atoms with van der Waals surface area (Å²) >= 11 is 0. The SMILES string of the molecule is CCC(C)CN(C)CC(C)(C=O)c1ccccc1. The van der Waals surface area contributed by atoms with Crippen LogP contribution >= 0.6 is 0 Å². The number of nitrogens with zero attached hydrogens (tertiary/aromatic N) is 1. The van der Waals surface area contributed by atoms with Crippen LogP contribution in [0.5, 0.6) is 0 Å². The minimum Gasteiger partial charge on any atom is -0.305 e. The monoisotopic (exact) mass is 247 g/mol. The molecule has 2 atom stereocenters. The highest BCUT2D eigenvalue weighted by Crippen LogP contribution is 2.22. The van der Waals surface area contributed by atoms with Crippen molar-refractivity contribution in [1.82, 2.24) is 4.90 Å². The molecule has 2 nitrogen and oxygen atoms in total. The Labute approximate surface area is 111 Å². The van der Waals surface area contributed by atoms with E-state index in [0.29, 0.717) is 5.92 Å². The highest BCUT2D eigenvalue weighted by molar-refractivity contribution is 5.68. The average Bonchev–Trinajstić information content (AvgIpc) is 2.39. The Kier molecular flexibility index (Phi) is 5.54. The zero-order valence-corrected chi connectivity index (χ0v) is 12.0. The molecule has 1 aromatic rings. The number of hydrogen-bond acceptors (Lipinski definition) is 2. The Balaban J connectivity index is 2.74. The van der Waals surface area contributed by atoms with Crippen LogP contribution < -0.4 is 0 Å². The summed E-state index contributed by atoms with van der Waals surface area (Å²) in [6.45, 7) is 8.27. The molecule has 2 heteroatoms. The summed E-state index contributed by atoms with van der Waals surface area (Å²) in [5.74, 6) is 0.668. The van der Waals surface area contributed by atoms with Gasteiger partial charge in [0.2, 0.25) is 0 Å². The van der Waals surface area contributed by atoms with Crippen molar-refractivity contribution >= 4 is 6.29 Å². The second-order valence-corrected chi connectivity index (χ2v) is 5.61. The van der Waals surface area contributed by atoms with E-state index in [2.05, 4.69) is 25.8 Å². The predicted molar refractivity (Wildman–Crippen MR) is 76.8 cm³/mol. The molecule has 0 N–H and O–H groups in total. The highest BCUT2D eigenvalue weighted by atomic mass is 16.1. The summed E-state index contributed by atoms with van der Waals surface area (Å²) < 4.78 is 0. The fraction of sp³-hybridized carbons (Fsp3) is 0.562. The van der Waals surface area contributed by atoms with Gasteiger partial charge in [-0.3, -0.25) is 0 Å². The van der Waals surface area contributed by atoms with Crippen LogP contribution in [0.1, 0.15) is 32.8 Å². The molecule has 18 heavy (non-hydrogen) atoms. The summed E-state index contributed by atoms with van der Waals surface area (Å²) in [5.41, 5.74) is 0.680. The van der Waals surface area contributed by atoms with Crippen LogP contribution in [-0.2, 0) is 10.2 Å². The maximum Gasteiger partial charge on any atom is 0.131 e. The molecule has 0 aliphatic carbocycles. The van der Waals surface area contributed by atoms with Gasteiger partial charge in [0.05, 0.1) is 5.41 Å². The van der Waals surface area contributed by atoms with Crippen LogP contribution in [0.25, 0.3) is 0 Å². The zero-order valence-electron chi connectivity index (χ0n) is 12.0. The van der Waals surface area contributed by atoms with E-state index >= 15 is 0 Å². The minimum absolute atomic E-state index is 0.413. The molecule has 0 radical (unpaired) electrons. The molecule has 100 valence electrons. The zero-order chi connectivity index (χ0) is 13.6. The summed E-state index contributed by atoms with van der Waals surface area (Å²) in [6.07, 6.45) is 2.25. The molecule has 2 unspecified atom stereocenters. The third kappa shape index (κ3) is 3.95. The summed E-state index contributed by atoms with van der Waals surface area (Å²) in [4.78, 5) is 13.8. The van der Waals surface area contributed by atoms with E-state index < -0.39 is 5.41 Å². The molecule has 0 spiro atoms. The lowest BCUT2D eigenvalue weighted by Gasteiger charge is -2.30. The minimum atomic E-state index is -0.413. The van der Waals surface area contributed by atoms with Crippen molar-refractivity contribution in [3.8, 4) is 0 Å². The van der Waals surface area contributed by atoms with Crippen LogP contribution in [0.4, 0.5) is 0 Å². The molecule has 0 fully saturated rings. The predicted octanol–water partition coefficient (Wildman–Crippen LogP) is 3.12. The Morgan fingerprint density at radius 2 is 1.94 bits per heavy atom. The average molecular weight is 247 g/mol. The number of carbonyl (C=O) groups excluding carboxylic acids is 1. The molecule has 1 rings (SSSR count). The number of rotatable bonds is 7. The maximum absolute atomic E-state index is 11.5. The van der Waals surface area contributed by atoms with Crippen LogP contribution in [0.15, 0.2) is 30.3 Å². The number of carbonyl (C=O) groups is 1. The first-order chi connectivity index (χ1) is 8.51. The summed E-state index contributed by atoms with van der Waals surface area (Å²) in [5, 5.41) is 0. The van der Waals surface area contributed by atoms with Gasteiger partial charge < -0.3 is 9.69 Å². The number of likely N-dealkylation sites (N-methyl/N-ethyl adjacent to an activating group) is 1. The lowest BCUT2D eigenvalue weighted by Crippen LogP contribution is -2.39. The number of aldehydes is 1. The van der Waals surface area contributed by atoms with Crippen molar-refractivity contribution in [1.29, 1.82) is 0 Å². The fourth-order valence-corrected chi connectivity index (χ4v) is 2.30. The van der Waals surface area contributed by atoms with Crippen molar-refractivity contribution in [3.05, 3.63) is 35.9 Å². The van der Waals surface area contributed by atoms with Crippen LogP contribution in [0.3, 0.4) is 0 Å². The molecule has 0 bridgehead atoms. The third-order valence-electron chi connectivity index (χ3n) is 3.61. The second-order valence-electron chi connectivity index (χ2n) is 5.61. The van der Waals surface area contributed by atoms with Crippen LogP contribution in [0, 0.1) is 5.92 Å². The van der Waals surface area contributed by atoms with Gasteiger partial charge in [0, 0.05) is 13.1 Å². The van der Waals surface area contributed by atoms with E-state index in [1.165, 1.54) is 6.42 Å². The smallest absolute Gasteiger partial charge is 0.131 e. The Hall–Kier alpha value is -1.15. The first-order valence-electron chi connectivity index (χ1n) is 6.72. The van der Waals surface area contributed by atoms with Gasteiger partial charge in [-0.1, -0.05) is 50.6 Å². The Bertz CT molecular complexity index is 363. The van der Waals surface area contributed by atoms with Gasteiger partial charge in [-0.2, -0.15) is 0 Å². The molecule has 1 aromatic carbocycles. The van der Waals surface area contributed by atoms with Crippen LogP contribution in [-0.4, -0.2) is 31.3 Å². The fourth-order valence-electron chi connectivity index (χ4n) is 2.30. The van der Waals surface area contributed by atoms with Crippen molar-refractivity contribution < 1.29 is 4.79 Å². The van der Waals surface area contributed by atoms with E-state index in [4.69, 9.17) is 0 Å². The molecule has 0 aliphatic heterocycles. The lowest BCUT2D eigenvalue weighted by atomic mass is 9.83. The van der Waals surface area contributed by atoms with Crippen molar-refractivity contribution in [2.24, 2.45) is 5.92 Å². The number of hydrogen-bond donors (Lipinski definition) is 0. The normalized spacial score (nSPS) is 16.3. The van der Waals surface area contributed by atoms with Gasteiger partial charge in [-0.15, -0.1) is 0 Å². The Morgan fingerprint density at radius 3 is 2.44 bits per heavy atom. The standard InChI is InChI=1S/C16H25NO/c1-5-14(2)11-17(4)12-16(3,13-18)15-9-7-6-8-10-15/h6-10,13-14H,5,11-12H2,1-4H3. The van der Waals surface area contributed by atoms with Crippen molar-refractivity contribution in [2.75, 3.05) is 20.1 Å². The maximum atomic E-state index is 11.5. The molecule has 0 aromatic heterocycles. The van der Waals surface area contributed by atoms with Gasteiger partial charge in [-0.25, -0.2) is 0 Å². The molecular weight excluding hydrogens is 222 g/mol. The third-order valence-corrected chi connectivity index (χ3v) is 3.61. The van der Waals surface area contributed by atoms with Crippen molar-refractivity contribution in [2.45, 2.75) is 32.6 Å². The van der Waals surface area contributed by atoms with Gasteiger partial charge in [-0.05, 0) is 25.5 Å². The van der Waals surface area contributed by atoms with E-state index in [9.17, 15) is 4.79 Å². The molecule has 0 saturated carbocycles. The first kappa shape index (κ1) is 14.9. The van der Waals surface area contributed by atoms with E-state index in [1.807, 2.05) is 37.3 Å². The van der Waals surface area contributed by atoms with Gasteiger partial charge >= 0.3 is 0 Å². The largest absolute Gasteiger partial charge is 0.305 e. The summed E-state index contributed by atoms with van der Waals surface area (Å²) in [7, 11) is 2.09. The van der Waals surface area contributed by atoms with E-state index in [1.54, 1.807) is 0 Å². The van der Waals surface area contributed by atoms with Gasteiger partial charge in [0.1, 0.15) is 6.29 Å². The molecule has 0 amide bonds. The molecule has 0 saturated heterocycles. The topological polar surface area (TPSA) is 20.3 Å². The summed E-state index contributed by atoms with van der Waals surface area (Å²) in [6, 6.07) is 10.0. The lowest BCUT2D eigenvalue weighted by molar-refractivity contribution is -0.112. The van der Waals surface area contributed by atoms with Crippen molar-refractivity contribution in [3.63, 3.8) is 0 Å². The Morgan fingerprint density at radius 1 is 1.33 bits per heavy atom. The first-order valence-corrected chi connectivity index (χ1v) is 6.72. The molecule has 0 heterocycles.